The summed E-state index contributed by atoms with van der Waals surface area (Å²) in [5, 5.41) is 19.6. The number of aliphatic hydroxyl groups is 2. The smallest absolute Gasteiger partial charge is 0.305 e. The zero-order valence-corrected chi connectivity index (χ0v) is 14.3. The lowest BCUT2D eigenvalue weighted by atomic mass is 9.86. The Hall–Kier alpha value is -0.610. The number of unbranched alkanes of at least 4 members (excludes halogenated alkanes) is 3. The third kappa shape index (κ3) is 7.59. The highest BCUT2D eigenvalue weighted by atomic mass is 16.5. The monoisotopic (exact) mass is 314 g/mol. The molecule has 0 aliphatic heterocycles. The number of hydrogen-bond acceptors (Lipinski definition) is 4. The summed E-state index contributed by atoms with van der Waals surface area (Å²) >= 11 is 0. The van der Waals surface area contributed by atoms with E-state index >= 15 is 0 Å². The maximum Gasteiger partial charge on any atom is 0.305 e. The van der Waals surface area contributed by atoms with Crippen molar-refractivity contribution in [3.63, 3.8) is 0 Å². The van der Waals surface area contributed by atoms with Gasteiger partial charge in [-0.1, -0.05) is 19.3 Å². The van der Waals surface area contributed by atoms with Crippen LogP contribution in [-0.4, -0.2) is 35.0 Å². The topological polar surface area (TPSA) is 66.8 Å². The molecule has 2 N–H and O–H groups in total. The first-order chi connectivity index (χ1) is 10.5. The Labute approximate surface area is 135 Å². The van der Waals surface area contributed by atoms with E-state index in [0.717, 1.165) is 57.8 Å². The Morgan fingerprint density at radius 2 is 1.91 bits per heavy atom. The van der Waals surface area contributed by atoms with E-state index < -0.39 is 0 Å². The molecule has 0 heterocycles. The van der Waals surface area contributed by atoms with Crippen molar-refractivity contribution < 1.29 is 19.7 Å². The van der Waals surface area contributed by atoms with E-state index in [1.54, 1.807) is 0 Å². The molecule has 1 fully saturated rings. The number of rotatable bonds is 11. The van der Waals surface area contributed by atoms with Crippen molar-refractivity contribution in [2.75, 3.05) is 6.61 Å². The van der Waals surface area contributed by atoms with E-state index in [1.165, 1.54) is 0 Å². The number of hydrogen-bond donors (Lipinski definition) is 2. The molecule has 0 saturated heterocycles. The van der Waals surface area contributed by atoms with Crippen LogP contribution in [0.4, 0.5) is 0 Å². The lowest BCUT2D eigenvalue weighted by molar-refractivity contribution is -0.143. The molecule has 4 atom stereocenters. The molecule has 1 unspecified atom stereocenters. The van der Waals surface area contributed by atoms with E-state index in [1.807, 2.05) is 13.8 Å². The maximum atomic E-state index is 11.2. The average molecular weight is 314 g/mol. The summed E-state index contributed by atoms with van der Waals surface area (Å²) in [6.07, 6.45) is 9.29. The van der Waals surface area contributed by atoms with E-state index in [-0.39, 0.29) is 18.2 Å². The van der Waals surface area contributed by atoms with Gasteiger partial charge in [0, 0.05) is 6.42 Å². The standard InChI is InChI=1S/C18H34O4/c1-3-22-18(21)9-7-5-4-6-8-16-15(11-10-14(2)19)12-13-17(16)20/h14-17,19-20H,3-13H2,1-2H3/t14?,15-,16-,17+/m1/s1. The fourth-order valence-electron chi connectivity index (χ4n) is 3.61. The third-order valence-corrected chi connectivity index (χ3v) is 4.86. The molecule has 0 aromatic carbocycles. The first-order valence-corrected chi connectivity index (χ1v) is 9.06. The third-order valence-electron chi connectivity index (χ3n) is 4.86. The molecule has 0 radical (unpaired) electrons. The minimum atomic E-state index is -0.235. The summed E-state index contributed by atoms with van der Waals surface area (Å²) in [6.45, 7) is 4.13. The minimum Gasteiger partial charge on any atom is -0.466 e. The normalized spacial score (nSPS) is 26.1. The van der Waals surface area contributed by atoms with Gasteiger partial charge in [-0.25, -0.2) is 0 Å². The second kappa shape index (κ2) is 11.0. The van der Waals surface area contributed by atoms with Gasteiger partial charge in [-0.2, -0.15) is 0 Å². The lowest BCUT2D eigenvalue weighted by Gasteiger charge is -2.22. The molecule has 4 heteroatoms. The first-order valence-electron chi connectivity index (χ1n) is 9.06. The Morgan fingerprint density at radius 1 is 1.18 bits per heavy atom. The van der Waals surface area contributed by atoms with E-state index in [9.17, 15) is 15.0 Å². The van der Waals surface area contributed by atoms with Crippen molar-refractivity contribution in [3.05, 3.63) is 0 Å². The van der Waals surface area contributed by atoms with Gasteiger partial charge in [-0.05, 0) is 64.2 Å². The van der Waals surface area contributed by atoms with Gasteiger partial charge in [-0.15, -0.1) is 0 Å². The number of ether oxygens (including phenoxy) is 1. The van der Waals surface area contributed by atoms with Crippen LogP contribution in [0.1, 0.15) is 78.1 Å². The van der Waals surface area contributed by atoms with Gasteiger partial charge in [0.15, 0.2) is 0 Å². The van der Waals surface area contributed by atoms with Crippen LogP contribution < -0.4 is 0 Å². The molecule has 0 spiro atoms. The van der Waals surface area contributed by atoms with Gasteiger partial charge < -0.3 is 14.9 Å². The molecule has 4 nitrogen and oxygen atoms in total. The van der Waals surface area contributed by atoms with Crippen molar-refractivity contribution in [1.29, 1.82) is 0 Å². The van der Waals surface area contributed by atoms with Gasteiger partial charge in [0.2, 0.25) is 0 Å². The van der Waals surface area contributed by atoms with Gasteiger partial charge in [0.25, 0.3) is 0 Å². The molecule has 1 saturated carbocycles. The molecule has 0 aromatic rings. The molecule has 0 aromatic heterocycles. The van der Waals surface area contributed by atoms with Crippen molar-refractivity contribution >= 4 is 5.97 Å². The van der Waals surface area contributed by atoms with E-state index in [4.69, 9.17) is 4.74 Å². The van der Waals surface area contributed by atoms with Crippen LogP contribution in [0.25, 0.3) is 0 Å². The van der Waals surface area contributed by atoms with Gasteiger partial charge in [-0.3, -0.25) is 4.79 Å². The molecule has 1 aliphatic carbocycles. The van der Waals surface area contributed by atoms with Crippen LogP contribution in [0.15, 0.2) is 0 Å². The van der Waals surface area contributed by atoms with Gasteiger partial charge >= 0.3 is 5.97 Å². The summed E-state index contributed by atoms with van der Waals surface area (Å²) < 4.78 is 4.91. The summed E-state index contributed by atoms with van der Waals surface area (Å²) in [7, 11) is 0. The second-order valence-electron chi connectivity index (χ2n) is 6.75. The summed E-state index contributed by atoms with van der Waals surface area (Å²) in [6, 6.07) is 0. The average Bonchev–Trinajstić information content (AvgIpc) is 2.81. The molecule has 1 aliphatic rings. The van der Waals surface area contributed by atoms with Gasteiger partial charge in [0.05, 0.1) is 18.8 Å². The Balaban J connectivity index is 2.12. The fraction of sp³-hybridized carbons (Fsp3) is 0.944. The zero-order chi connectivity index (χ0) is 16.4. The molecule has 0 amide bonds. The number of carbonyl (C=O) groups excluding carboxylic acids is 1. The van der Waals surface area contributed by atoms with Crippen LogP contribution in [0, 0.1) is 11.8 Å². The molecule has 130 valence electrons. The predicted octanol–water partition coefficient (Wildman–Crippen LogP) is 3.44. The van der Waals surface area contributed by atoms with Crippen molar-refractivity contribution in [2.24, 2.45) is 11.8 Å². The van der Waals surface area contributed by atoms with Crippen LogP contribution in [0.2, 0.25) is 0 Å². The second-order valence-corrected chi connectivity index (χ2v) is 6.75. The highest BCUT2D eigenvalue weighted by Crippen LogP contribution is 2.38. The lowest BCUT2D eigenvalue weighted by Crippen LogP contribution is -2.20. The maximum absolute atomic E-state index is 11.2. The first kappa shape index (κ1) is 19.4. The largest absolute Gasteiger partial charge is 0.466 e. The summed E-state index contributed by atoms with van der Waals surface area (Å²) in [5.74, 6) is 0.889. The van der Waals surface area contributed by atoms with E-state index in [2.05, 4.69) is 0 Å². The SMILES string of the molecule is CCOC(=O)CCCCCC[C@@H]1[C@H](CCC(C)O)CC[C@@H]1O. The van der Waals surface area contributed by atoms with Gasteiger partial charge in [0.1, 0.15) is 0 Å². The Bertz CT molecular complexity index is 303. The van der Waals surface area contributed by atoms with Crippen molar-refractivity contribution in [3.8, 4) is 0 Å². The molecule has 0 bridgehead atoms. The van der Waals surface area contributed by atoms with Crippen LogP contribution in [0.5, 0.6) is 0 Å². The number of carbonyl (C=O) groups is 1. The molecular formula is C18H34O4. The molecule has 1 rings (SSSR count). The van der Waals surface area contributed by atoms with Crippen molar-refractivity contribution in [2.45, 2.75) is 90.3 Å². The summed E-state index contributed by atoms with van der Waals surface area (Å²) in [4.78, 5) is 11.2. The zero-order valence-electron chi connectivity index (χ0n) is 14.3. The fourth-order valence-corrected chi connectivity index (χ4v) is 3.61. The highest BCUT2D eigenvalue weighted by molar-refractivity contribution is 5.69. The molecular weight excluding hydrogens is 280 g/mol. The number of aliphatic hydroxyl groups excluding tert-OH is 2. The van der Waals surface area contributed by atoms with E-state index in [0.29, 0.717) is 24.9 Å². The van der Waals surface area contributed by atoms with Crippen LogP contribution in [-0.2, 0) is 9.53 Å². The quantitative estimate of drug-likeness (QED) is 0.453. The Morgan fingerprint density at radius 3 is 2.59 bits per heavy atom. The minimum absolute atomic E-state index is 0.0908. The summed E-state index contributed by atoms with van der Waals surface area (Å²) in [5.41, 5.74) is 0. The predicted molar refractivity (Wildman–Crippen MR) is 87.5 cm³/mol. The Kier molecular flexibility index (Phi) is 9.73. The molecule has 22 heavy (non-hydrogen) atoms. The number of esters is 1. The van der Waals surface area contributed by atoms with Crippen LogP contribution >= 0.6 is 0 Å². The highest BCUT2D eigenvalue weighted by Gasteiger charge is 2.33. The van der Waals surface area contributed by atoms with Crippen molar-refractivity contribution in [1.82, 2.24) is 0 Å². The van der Waals surface area contributed by atoms with Crippen LogP contribution in [0.3, 0.4) is 0 Å².